The van der Waals surface area contributed by atoms with Crippen LogP contribution in [0.4, 0.5) is 5.82 Å². The van der Waals surface area contributed by atoms with Gasteiger partial charge in [0.15, 0.2) is 11.5 Å². The summed E-state index contributed by atoms with van der Waals surface area (Å²) in [5.41, 5.74) is 0.518. The number of anilines is 1. The van der Waals surface area contributed by atoms with Crippen LogP contribution in [-0.2, 0) is 9.53 Å². The fourth-order valence-corrected chi connectivity index (χ4v) is 5.04. The first-order valence-electron chi connectivity index (χ1n) is 10.9. The van der Waals surface area contributed by atoms with Crippen molar-refractivity contribution in [1.82, 2.24) is 20.4 Å². The van der Waals surface area contributed by atoms with E-state index in [-0.39, 0.29) is 23.9 Å². The van der Waals surface area contributed by atoms with Gasteiger partial charge in [-0.25, -0.2) is 0 Å². The number of rotatable bonds is 3. The van der Waals surface area contributed by atoms with Crippen molar-refractivity contribution in [2.45, 2.75) is 44.2 Å². The Kier molecular flexibility index (Phi) is 8.16. The standard InChI is InChI=1S/C20H31N5O3.CH2O2/c1-21-19(27)17-2-3-18(23-22-17)24-8-6-20(7-9-24)12-16(26)13-25(14-20)15-4-10-28-11-5-15;2-1-3/h2-3,15-16,26H,4-14H2,1H3,(H,21,27);1H,(H,2,3). The number of aromatic nitrogens is 2. The molecule has 0 aromatic carbocycles. The van der Waals surface area contributed by atoms with Gasteiger partial charge in [-0.15, -0.1) is 10.2 Å². The molecule has 3 aliphatic heterocycles. The number of nitrogens with zero attached hydrogens (tertiary/aromatic N) is 4. The molecule has 1 spiro atoms. The second kappa shape index (κ2) is 10.8. The molecule has 1 atom stereocenters. The Morgan fingerprint density at radius 3 is 2.52 bits per heavy atom. The molecule has 10 nitrogen and oxygen atoms in total. The van der Waals surface area contributed by atoms with Gasteiger partial charge in [-0.2, -0.15) is 0 Å². The summed E-state index contributed by atoms with van der Waals surface area (Å²) in [6.07, 6.45) is 4.88. The Labute approximate surface area is 182 Å². The van der Waals surface area contributed by atoms with Crippen molar-refractivity contribution in [2.24, 2.45) is 5.41 Å². The number of amides is 1. The van der Waals surface area contributed by atoms with Crippen LogP contribution in [0.15, 0.2) is 12.1 Å². The third kappa shape index (κ3) is 5.90. The zero-order chi connectivity index (χ0) is 22.3. The van der Waals surface area contributed by atoms with Crippen molar-refractivity contribution in [2.75, 3.05) is 51.3 Å². The van der Waals surface area contributed by atoms with E-state index in [1.807, 2.05) is 6.07 Å². The van der Waals surface area contributed by atoms with E-state index >= 15 is 0 Å². The number of hydrogen-bond donors (Lipinski definition) is 3. The maximum absolute atomic E-state index is 11.6. The summed E-state index contributed by atoms with van der Waals surface area (Å²) in [5, 5.41) is 28.3. The van der Waals surface area contributed by atoms with Gasteiger partial charge in [0.2, 0.25) is 0 Å². The minimum atomic E-state index is -0.250. The zero-order valence-corrected chi connectivity index (χ0v) is 18.1. The molecule has 0 saturated carbocycles. The molecule has 3 saturated heterocycles. The average Bonchev–Trinajstić information content (AvgIpc) is 2.80. The molecule has 4 rings (SSSR count). The number of carboxylic acid groups (broad SMARTS) is 1. The third-order valence-corrected chi connectivity index (χ3v) is 6.62. The molecular weight excluding hydrogens is 402 g/mol. The Hall–Kier alpha value is -2.30. The van der Waals surface area contributed by atoms with Crippen LogP contribution in [-0.4, -0.2) is 96.3 Å². The smallest absolute Gasteiger partial charge is 0.290 e. The number of ether oxygens (including phenoxy) is 1. The van der Waals surface area contributed by atoms with Crippen LogP contribution >= 0.6 is 0 Å². The summed E-state index contributed by atoms with van der Waals surface area (Å²) in [7, 11) is 1.59. The van der Waals surface area contributed by atoms with E-state index in [9.17, 15) is 9.90 Å². The molecule has 0 aliphatic carbocycles. The van der Waals surface area contributed by atoms with Gasteiger partial charge >= 0.3 is 0 Å². The molecule has 1 aromatic heterocycles. The number of β-amino-alcohol motifs (C(OH)–C–C–N with tert-alkyl or cyclic N) is 1. The number of carbonyl (C=O) groups is 2. The van der Waals surface area contributed by atoms with Gasteiger partial charge in [0, 0.05) is 52.5 Å². The Morgan fingerprint density at radius 1 is 1.26 bits per heavy atom. The molecule has 31 heavy (non-hydrogen) atoms. The largest absolute Gasteiger partial charge is 0.483 e. The molecule has 1 amide bonds. The molecular formula is C21H33N5O5. The van der Waals surface area contributed by atoms with Crippen molar-refractivity contribution in [3.05, 3.63) is 17.8 Å². The fourth-order valence-electron chi connectivity index (χ4n) is 5.04. The van der Waals surface area contributed by atoms with E-state index < -0.39 is 0 Å². The number of hydrogen-bond acceptors (Lipinski definition) is 8. The SMILES string of the molecule is CNC(=O)c1ccc(N2CCC3(CC2)CC(O)CN(C2CCOCC2)C3)nn1.O=CO. The predicted molar refractivity (Wildman–Crippen MR) is 114 cm³/mol. The number of aliphatic hydroxyl groups is 1. The summed E-state index contributed by atoms with van der Waals surface area (Å²) < 4.78 is 5.51. The minimum absolute atomic E-state index is 0.182. The molecule has 172 valence electrons. The van der Waals surface area contributed by atoms with Gasteiger partial charge in [-0.3, -0.25) is 14.5 Å². The lowest BCUT2D eigenvalue weighted by molar-refractivity contribution is -0.122. The third-order valence-electron chi connectivity index (χ3n) is 6.62. The molecule has 1 aromatic rings. The van der Waals surface area contributed by atoms with Crippen LogP contribution in [0.1, 0.15) is 42.6 Å². The highest BCUT2D eigenvalue weighted by Gasteiger charge is 2.43. The summed E-state index contributed by atoms with van der Waals surface area (Å²) in [6, 6.07) is 4.14. The first kappa shape index (κ1) is 23.4. The lowest BCUT2D eigenvalue weighted by atomic mass is 9.71. The van der Waals surface area contributed by atoms with E-state index in [0.717, 1.165) is 77.3 Å². The Balaban J connectivity index is 0.000000858. The normalized spacial score (nSPS) is 24.2. The molecule has 0 radical (unpaired) electrons. The van der Waals surface area contributed by atoms with E-state index in [1.54, 1.807) is 13.1 Å². The maximum Gasteiger partial charge on any atom is 0.290 e. The topological polar surface area (TPSA) is 128 Å². The van der Waals surface area contributed by atoms with E-state index in [2.05, 4.69) is 25.3 Å². The number of aliphatic hydroxyl groups excluding tert-OH is 1. The van der Waals surface area contributed by atoms with Crippen LogP contribution in [0, 0.1) is 5.41 Å². The zero-order valence-electron chi connectivity index (χ0n) is 18.1. The first-order valence-corrected chi connectivity index (χ1v) is 10.9. The van der Waals surface area contributed by atoms with E-state index in [1.165, 1.54) is 0 Å². The molecule has 3 N–H and O–H groups in total. The molecule has 3 fully saturated rings. The van der Waals surface area contributed by atoms with Crippen molar-refractivity contribution in [3.63, 3.8) is 0 Å². The first-order chi connectivity index (χ1) is 15.0. The molecule has 4 heterocycles. The van der Waals surface area contributed by atoms with Crippen LogP contribution in [0.5, 0.6) is 0 Å². The van der Waals surface area contributed by atoms with Gasteiger partial charge in [-0.05, 0) is 49.7 Å². The van der Waals surface area contributed by atoms with E-state index in [0.29, 0.717) is 11.7 Å². The Bertz CT molecular complexity index is 717. The summed E-state index contributed by atoms with van der Waals surface area (Å²) in [6.45, 7) is 5.10. The van der Waals surface area contributed by atoms with E-state index in [4.69, 9.17) is 14.6 Å². The second-order valence-electron chi connectivity index (χ2n) is 8.58. The number of nitrogens with one attached hydrogen (secondary N) is 1. The van der Waals surface area contributed by atoms with Crippen LogP contribution < -0.4 is 10.2 Å². The lowest BCUT2D eigenvalue weighted by Crippen LogP contribution is -2.57. The molecule has 0 bridgehead atoms. The van der Waals surface area contributed by atoms with Crippen molar-refractivity contribution in [1.29, 1.82) is 0 Å². The average molecular weight is 436 g/mol. The predicted octanol–water partition coefficient (Wildman–Crippen LogP) is 0.369. The highest BCUT2D eigenvalue weighted by molar-refractivity contribution is 5.91. The monoisotopic (exact) mass is 435 g/mol. The quantitative estimate of drug-likeness (QED) is 0.577. The van der Waals surface area contributed by atoms with Crippen molar-refractivity contribution >= 4 is 18.2 Å². The highest BCUT2D eigenvalue weighted by Crippen LogP contribution is 2.41. The van der Waals surface area contributed by atoms with Gasteiger partial charge in [0.1, 0.15) is 0 Å². The van der Waals surface area contributed by atoms with Gasteiger partial charge in [0.05, 0.1) is 6.10 Å². The molecule has 1 unspecified atom stereocenters. The van der Waals surface area contributed by atoms with Gasteiger partial charge in [-0.1, -0.05) is 0 Å². The van der Waals surface area contributed by atoms with Gasteiger partial charge in [0.25, 0.3) is 12.4 Å². The summed E-state index contributed by atoms with van der Waals surface area (Å²) in [5.74, 6) is 0.598. The highest BCUT2D eigenvalue weighted by atomic mass is 16.5. The number of piperidine rings is 2. The summed E-state index contributed by atoms with van der Waals surface area (Å²) >= 11 is 0. The van der Waals surface area contributed by atoms with Crippen molar-refractivity contribution < 1.29 is 24.5 Å². The molecule has 3 aliphatic rings. The lowest BCUT2D eigenvalue weighted by Gasteiger charge is -2.51. The molecule has 10 heteroatoms. The van der Waals surface area contributed by atoms with Crippen molar-refractivity contribution in [3.8, 4) is 0 Å². The number of carbonyl (C=O) groups excluding carboxylic acids is 1. The second-order valence-corrected chi connectivity index (χ2v) is 8.58. The van der Waals surface area contributed by atoms with Crippen LogP contribution in [0.2, 0.25) is 0 Å². The number of likely N-dealkylation sites (tertiary alicyclic amines) is 1. The minimum Gasteiger partial charge on any atom is -0.483 e. The fraction of sp³-hybridized carbons (Fsp3) is 0.714. The van der Waals surface area contributed by atoms with Crippen LogP contribution in [0.3, 0.4) is 0 Å². The van der Waals surface area contributed by atoms with Gasteiger partial charge < -0.3 is 25.2 Å². The maximum atomic E-state index is 11.6. The van der Waals surface area contributed by atoms with Crippen LogP contribution in [0.25, 0.3) is 0 Å². The summed E-state index contributed by atoms with van der Waals surface area (Å²) in [4.78, 5) is 24.8. The Morgan fingerprint density at radius 2 is 1.94 bits per heavy atom.